The first kappa shape index (κ1) is 15.1. The Kier molecular flexibility index (Phi) is 5.28. The second-order valence-electron chi connectivity index (χ2n) is 5.45. The van der Waals surface area contributed by atoms with E-state index in [1.54, 1.807) is 0 Å². The van der Waals surface area contributed by atoms with Gasteiger partial charge in [0.1, 0.15) is 0 Å². The molecule has 0 aromatic heterocycles. The maximum atomic E-state index is 12.2. The lowest BCUT2D eigenvalue weighted by Crippen LogP contribution is -2.47. The Morgan fingerprint density at radius 3 is 2.50 bits per heavy atom. The minimum atomic E-state index is -0.346. The van der Waals surface area contributed by atoms with Crippen molar-refractivity contribution < 1.29 is 9.59 Å². The fourth-order valence-electron chi connectivity index (χ4n) is 2.37. The average Bonchev–Trinajstić information content (AvgIpc) is 2.52. The molecule has 5 nitrogen and oxygen atoms in total. The molecule has 1 saturated heterocycles. The van der Waals surface area contributed by atoms with E-state index >= 15 is 0 Å². The summed E-state index contributed by atoms with van der Waals surface area (Å²) in [6.45, 7) is 6.78. The minimum absolute atomic E-state index is 0.000884. The van der Waals surface area contributed by atoms with Gasteiger partial charge >= 0.3 is 0 Å². The van der Waals surface area contributed by atoms with Crippen molar-refractivity contribution in [3.63, 3.8) is 0 Å². The first-order valence-corrected chi connectivity index (χ1v) is 6.63. The molecular weight excluding hydrogens is 230 g/mol. The van der Waals surface area contributed by atoms with E-state index in [4.69, 9.17) is 0 Å². The molecular formula is C13H25N3O2. The summed E-state index contributed by atoms with van der Waals surface area (Å²) in [5.74, 6) is -0.121. The number of hydrogen-bond donors (Lipinski definition) is 1. The van der Waals surface area contributed by atoms with Gasteiger partial charge in [-0.15, -0.1) is 0 Å². The molecule has 0 bridgehead atoms. The maximum absolute atomic E-state index is 12.2. The zero-order valence-electron chi connectivity index (χ0n) is 12.1. The lowest BCUT2D eigenvalue weighted by atomic mass is 10.2. The Balaban J connectivity index is 2.60. The quantitative estimate of drug-likeness (QED) is 0.700. The molecule has 1 fully saturated rings. The molecule has 0 saturated carbocycles. The van der Waals surface area contributed by atoms with Gasteiger partial charge in [-0.2, -0.15) is 0 Å². The van der Waals surface area contributed by atoms with Gasteiger partial charge in [0.25, 0.3) is 0 Å². The van der Waals surface area contributed by atoms with Crippen molar-refractivity contribution in [2.45, 2.75) is 51.7 Å². The number of carbonyl (C=O) groups excluding carboxylic acids is 2. The summed E-state index contributed by atoms with van der Waals surface area (Å²) in [5, 5.41) is 3.25. The van der Waals surface area contributed by atoms with Gasteiger partial charge < -0.3 is 10.2 Å². The van der Waals surface area contributed by atoms with Crippen LogP contribution in [0.3, 0.4) is 0 Å². The van der Waals surface area contributed by atoms with E-state index < -0.39 is 0 Å². The Hall–Kier alpha value is -0.940. The highest BCUT2D eigenvalue weighted by atomic mass is 16.2. The zero-order valence-corrected chi connectivity index (χ0v) is 12.1. The van der Waals surface area contributed by atoms with Crippen LogP contribution >= 0.6 is 0 Å². The predicted molar refractivity (Wildman–Crippen MR) is 71.2 cm³/mol. The monoisotopic (exact) mass is 255 g/mol. The SMILES string of the molecule is CCC(C)N1C(=O)CC(NC(C)CN(C)C)C1=O. The molecule has 1 heterocycles. The van der Waals surface area contributed by atoms with Crippen LogP contribution in [-0.4, -0.2) is 60.4 Å². The number of nitrogens with one attached hydrogen (secondary N) is 1. The van der Waals surface area contributed by atoms with Crippen LogP contribution in [0.25, 0.3) is 0 Å². The molecule has 3 unspecified atom stereocenters. The van der Waals surface area contributed by atoms with Crippen LogP contribution in [0.4, 0.5) is 0 Å². The maximum Gasteiger partial charge on any atom is 0.247 e. The number of likely N-dealkylation sites (tertiary alicyclic amines) is 1. The highest BCUT2D eigenvalue weighted by Crippen LogP contribution is 2.18. The van der Waals surface area contributed by atoms with Crippen LogP contribution in [0.5, 0.6) is 0 Å². The molecule has 0 aromatic rings. The Morgan fingerprint density at radius 2 is 2.00 bits per heavy atom. The summed E-state index contributed by atoms with van der Waals surface area (Å²) in [5.41, 5.74) is 0. The van der Waals surface area contributed by atoms with Crippen molar-refractivity contribution >= 4 is 11.8 Å². The lowest BCUT2D eigenvalue weighted by molar-refractivity contribution is -0.141. The highest BCUT2D eigenvalue weighted by molar-refractivity contribution is 6.05. The second kappa shape index (κ2) is 6.29. The number of hydrogen-bond acceptors (Lipinski definition) is 4. The normalized spacial score (nSPS) is 23.9. The molecule has 5 heteroatoms. The fourth-order valence-corrected chi connectivity index (χ4v) is 2.37. The van der Waals surface area contributed by atoms with Gasteiger partial charge in [0.15, 0.2) is 0 Å². The molecule has 0 aliphatic carbocycles. The smallest absolute Gasteiger partial charge is 0.247 e. The van der Waals surface area contributed by atoms with Gasteiger partial charge in [-0.3, -0.25) is 14.5 Å². The number of likely N-dealkylation sites (N-methyl/N-ethyl adjacent to an activating group) is 1. The summed E-state index contributed by atoms with van der Waals surface area (Å²) in [6.07, 6.45) is 1.10. The number of nitrogens with zero attached hydrogens (tertiary/aromatic N) is 2. The molecule has 1 N–H and O–H groups in total. The van der Waals surface area contributed by atoms with Crippen molar-refractivity contribution in [2.75, 3.05) is 20.6 Å². The van der Waals surface area contributed by atoms with Crippen LogP contribution in [0.1, 0.15) is 33.6 Å². The van der Waals surface area contributed by atoms with E-state index in [1.165, 1.54) is 4.90 Å². The fraction of sp³-hybridized carbons (Fsp3) is 0.846. The molecule has 1 rings (SSSR count). The molecule has 2 amide bonds. The van der Waals surface area contributed by atoms with Crippen molar-refractivity contribution in [3.05, 3.63) is 0 Å². The van der Waals surface area contributed by atoms with E-state index in [0.29, 0.717) is 6.42 Å². The Labute approximate surface area is 110 Å². The largest absolute Gasteiger partial charge is 0.308 e. The summed E-state index contributed by atoms with van der Waals surface area (Å²) < 4.78 is 0. The third kappa shape index (κ3) is 3.53. The molecule has 1 aliphatic heterocycles. The van der Waals surface area contributed by atoms with Crippen LogP contribution in [-0.2, 0) is 9.59 Å². The van der Waals surface area contributed by atoms with Gasteiger partial charge in [0.05, 0.1) is 12.5 Å². The molecule has 0 radical (unpaired) electrons. The van der Waals surface area contributed by atoms with E-state index in [-0.39, 0.29) is 29.9 Å². The standard InChI is InChI=1S/C13H25N3O2/c1-6-10(3)16-12(17)7-11(13(16)18)14-9(2)8-15(4)5/h9-11,14H,6-8H2,1-5H3. The summed E-state index contributed by atoms with van der Waals surface area (Å²) in [4.78, 5) is 27.5. The van der Waals surface area contributed by atoms with Gasteiger partial charge in [0, 0.05) is 18.6 Å². The summed E-state index contributed by atoms with van der Waals surface area (Å²) >= 11 is 0. The average molecular weight is 255 g/mol. The molecule has 1 aliphatic rings. The van der Waals surface area contributed by atoms with Gasteiger partial charge in [-0.25, -0.2) is 0 Å². The van der Waals surface area contributed by atoms with E-state index in [2.05, 4.69) is 10.2 Å². The summed E-state index contributed by atoms with van der Waals surface area (Å²) in [7, 11) is 3.98. The molecule has 0 spiro atoms. The third-order valence-electron chi connectivity index (χ3n) is 3.34. The zero-order chi connectivity index (χ0) is 13.9. The highest BCUT2D eigenvalue weighted by Gasteiger charge is 2.40. The first-order valence-electron chi connectivity index (χ1n) is 6.63. The predicted octanol–water partition coefficient (Wildman–Crippen LogP) is 0.452. The third-order valence-corrected chi connectivity index (χ3v) is 3.34. The van der Waals surface area contributed by atoms with E-state index in [1.807, 2.05) is 34.9 Å². The lowest BCUT2D eigenvalue weighted by Gasteiger charge is -2.24. The van der Waals surface area contributed by atoms with E-state index in [0.717, 1.165) is 13.0 Å². The molecule has 104 valence electrons. The van der Waals surface area contributed by atoms with Gasteiger partial charge in [0.2, 0.25) is 11.8 Å². The van der Waals surface area contributed by atoms with Gasteiger partial charge in [-0.05, 0) is 34.4 Å². The van der Waals surface area contributed by atoms with Crippen LogP contribution in [0, 0.1) is 0 Å². The molecule has 3 atom stereocenters. The second-order valence-corrected chi connectivity index (χ2v) is 5.45. The van der Waals surface area contributed by atoms with E-state index in [9.17, 15) is 9.59 Å². The first-order chi connectivity index (χ1) is 8.36. The van der Waals surface area contributed by atoms with Crippen LogP contribution < -0.4 is 5.32 Å². The number of amides is 2. The Bertz CT molecular complexity index is 317. The van der Waals surface area contributed by atoms with Crippen molar-refractivity contribution in [3.8, 4) is 0 Å². The minimum Gasteiger partial charge on any atom is -0.308 e. The number of rotatable bonds is 6. The Morgan fingerprint density at radius 1 is 1.39 bits per heavy atom. The molecule has 0 aromatic carbocycles. The molecule has 18 heavy (non-hydrogen) atoms. The van der Waals surface area contributed by atoms with Crippen molar-refractivity contribution in [1.82, 2.24) is 15.1 Å². The van der Waals surface area contributed by atoms with Crippen LogP contribution in [0.2, 0.25) is 0 Å². The van der Waals surface area contributed by atoms with Gasteiger partial charge in [-0.1, -0.05) is 6.92 Å². The number of carbonyl (C=O) groups is 2. The van der Waals surface area contributed by atoms with Crippen LogP contribution in [0.15, 0.2) is 0 Å². The topological polar surface area (TPSA) is 52.7 Å². The van der Waals surface area contributed by atoms with Crippen molar-refractivity contribution in [1.29, 1.82) is 0 Å². The number of imide groups is 1. The summed E-state index contributed by atoms with van der Waals surface area (Å²) in [6, 6.07) is -0.152. The van der Waals surface area contributed by atoms with Crippen molar-refractivity contribution in [2.24, 2.45) is 0 Å².